The molecule has 0 spiro atoms. The van der Waals surface area contributed by atoms with Gasteiger partial charge in [0.05, 0.1) is 12.3 Å². The fourth-order valence-electron chi connectivity index (χ4n) is 1.19. The highest BCUT2D eigenvalue weighted by Gasteiger charge is 2.33. The number of hydrogen-bond acceptors (Lipinski definition) is 4. The van der Waals surface area contributed by atoms with Crippen molar-refractivity contribution < 1.29 is 9.53 Å². The zero-order valence-electron chi connectivity index (χ0n) is 9.69. The highest BCUT2D eigenvalue weighted by atomic mass is 35.6. The largest absolute Gasteiger partial charge is 0.497 e. The van der Waals surface area contributed by atoms with E-state index in [1.807, 2.05) is 0 Å². The lowest BCUT2D eigenvalue weighted by atomic mass is 10.2. The van der Waals surface area contributed by atoms with Crippen LogP contribution in [0.4, 0.5) is 0 Å². The number of rotatable bonds is 4. The second-order valence-corrected chi connectivity index (χ2v) is 5.92. The zero-order chi connectivity index (χ0) is 14.5. The molecule has 1 unspecified atom stereocenters. The van der Waals surface area contributed by atoms with Crippen LogP contribution in [0.15, 0.2) is 29.3 Å². The zero-order valence-corrected chi connectivity index (χ0v) is 12.8. The number of hydrogen-bond donors (Lipinski definition) is 1. The molecule has 0 aliphatic heterocycles. The number of amides is 1. The summed E-state index contributed by atoms with van der Waals surface area (Å²) in [6, 6.07) is 6.43. The molecule has 0 bridgehead atoms. The van der Waals surface area contributed by atoms with Crippen molar-refractivity contribution in [1.82, 2.24) is 5.32 Å². The highest BCUT2D eigenvalue weighted by Crippen LogP contribution is 2.31. The van der Waals surface area contributed by atoms with Crippen LogP contribution in [0, 0.1) is 0 Å². The molecule has 1 aromatic rings. The van der Waals surface area contributed by atoms with Gasteiger partial charge in [0.2, 0.25) is 3.79 Å². The predicted molar refractivity (Wildman–Crippen MR) is 79.6 cm³/mol. The predicted octanol–water partition coefficient (Wildman–Crippen LogP) is 3.22. The van der Waals surface area contributed by atoms with E-state index < -0.39 is 15.9 Å². The standard InChI is InChI=1S/C11H9Cl3N2O2S/c1-18-8-4-2-7(3-5-8)9(17)16-10(15-6-19)11(12,13)14/h2-5,10H,1H3,(H,16,17). The Bertz CT molecular complexity index is 496. The van der Waals surface area contributed by atoms with Crippen molar-refractivity contribution in [2.24, 2.45) is 4.99 Å². The van der Waals surface area contributed by atoms with E-state index in [9.17, 15) is 4.79 Å². The molecule has 8 heteroatoms. The molecule has 19 heavy (non-hydrogen) atoms. The van der Waals surface area contributed by atoms with E-state index >= 15 is 0 Å². The normalized spacial score (nSPS) is 12.2. The minimum atomic E-state index is -1.81. The summed E-state index contributed by atoms with van der Waals surface area (Å²) in [4.78, 5) is 15.5. The van der Waals surface area contributed by atoms with E-state index in [0.717, 1.165) is 0 Å². The highest BCUT2D eigenvalue weighted by molar-refractivity contribution is 7.78. The molecule has 0 heterocycles. The monoisotopic (exact) mass is 338 g/mol. The van der Waals surface area contributed by atoms with Gasteiger partial charge in [-0.15, -0.1) is 0 Å². The molecule has 1 rings (SSSR count). The molecule has 0 aliphatic carbocycles. The maximum Gasteiger partial charge on any atom is 0.253 e. The molecule has 1 N–H and O–H groups in total. The van der Waals surface area contributed by atoms with Crippen LogP contribution in [-0.2, 0) is 0 Å². The minimum absolute atomic E-state index is 0.375. The third-order valence-electron chi connectivity index (χ3n) is 2.11. The van der Waals surface area contributed by atoms with Gasteiger partial charge in [-0.25, -0.2) is 4.99 Å². The number of carbonyl (C=O) groups excluding carboxylic acids is 1. The van der Waals surface area contributed by atoms with Gasteiger partial charge in [0.15, 0.2) is 6.17 Å². The summed E-state index contributed by atoms with van der Waals surface area (Å²) in [6.07, 6.45) is -1.11. The van der Waals surface area contributed by atoms with E-state index in [4.69, 9.17) is 39.5 Å². The average molecular weight is 340 g/mol. The lowest BCUT2D eigenvalue weighted by Crippen LogP contribution is -2.42. The minimum Gasteiger partial charge on any atom is -0.497 e. The molecule has 0 saturated carbocycles. The summed E-state index contributed by atoms with van der Waals surface area (Å²) >= 11 is 21.5. The van der Waals surface area contributed by atoms with Gasteiger partial charge in [0, 0.05) is 5.56 Å². The summed E-state index contributed by atoms with van der Waals surface area (Å²) in [5, 5.41) is 4.51. The average Bonchev–Trinajstić information content (AvgIpc) is 2.37. The molecule has 0 radical (unpaired) electrons. The van der Waals surface area contributed by atoms with Gasteiger partial charge in [0.25, 0.3) is 5.91 Å². The lowest BCUT2D eigenvalue weighted by molar-refractivity contribution is 0.0939. The van der Waals surface area contributed by atoms with Gasteiger partial charge in [-0.3, -0.25) is 4.79 Å². The summed E-state index contributed by atoms with van der Waals surface area (Å²) in [5.74, 6) is 0.180. The SMILES string of the molecule is COc1ccc(C(=O)NC(N=C=S)C(Cl)(Cl)Cl)cc1. The number of carbonyl (C=O) groups is 1. The molecule has 1 aromatic carbocycles. The first-order valence-electron chi connectivity index (χ1n) is 4.97. The first kappa shape index (κ1) is 16.2. The van der Waals surface area contributed by atoms with Gasteiger partial charge in [0.1, 0.15) is 5.75 Å². The first-order chi connectivity index (χ1) is 8.88. The van der Waals surface area contributed by atoms with E-state index in [1.54, 1.807) is 24.3 Å². The lowest BCUT2D eigenvalue weighted by Gasteiger charge is -2.20. The number of methoxy groups -OCH3 is 1. The maximum absolute atomic E-state index is 11.9. The van der Waals surface area contributed by atoms with Crippen LogP contribution in [0.5, 0.6) is 5.75 Å². The third-order valence-corrected chi connectivity index (χ3v) is 2.84. The second-order valence-electron chi connectivity index (χ2n) is 3.37. The van der Waals surface area contributed by atoms with Crippen LogP contribution in [-0.4, -0.2) is 28.1 Å². The number of ether oxygens (including phenoxy) is 1. The van der Waals surface area contributed by atoms with Gasteiger partial charge < -0.3 is 10.1 Å². The fraction of sp³-hybridized carbons (Fsp3) is 0.273. The van der Waals surface area contributed by atoms with Crippen LogP contribution < -0.4 is 10.1 Å². The topological polar surface area (TPSA) is 50.7 Å². The van der Waals surface area contributed by atoms with Crippen LogP contribution >= 0.6 is 47.0 Å². The maximum atomic E-state index is 11.9. The van der Waals surface area contributed by atoms with Crippen molar-refractivity contribution >= 4 is 58.1 Å². The smallest absolute Gasteiger partial charge is 0.253 e. The Morgan fingerprint density at radius 3 is 2.42 bits per heavy atom. The molecule has 1 amide bonds. The molecule has 0 fully saturated rings. The summed E-state index contributed by atoms with van der Waals surface area (Å²) in [5.41, 5.74) is 0.375. The molecule has 0 aliphatic rings. The number of benzene rings is 1. The second kappa shape index (κ2) is 7.08. The van der Waals surface area contributed by atoms with E-state index in [0.29, 0.717) is 11.3 Å². The van der Waals surface area contributed by atoms with Crippen molar-refractivity contribution in [2.75, 3.05) is 7.11 Å². The molecule has 1 atom stereocenters. The fourth-order valence-corrected chi connectivity index (χ4v) is 1.61. The Labute approximate surface area is 130 Å². The van der Waals surface area contributed by atoms with Crippen molar-refractivity contribution in [3.05, 3.63) is 29.8 Å². The van der Waals surface area contributed by atoms with Gasteiger partial charge in [-0.1, -0.05) is 34.8 Å². The van der Waals surface area contributed by atoms with Gasteiger partial charge in [-0.2, -0.15) is 0 Å². The van der Waals surface area contributed by atoms with Crippen LogP contribution in [0.3, 0.4) is 0 Å². The Morgan fingerprint density at radius 2 is 2.00 bits per heavy atom. The van der Waals surface area contributed by atoms with Crippen LogP contribution in [0.25, 0.3) is 0 Å². The van der Waals surface area contributed by atoms with E-state index in [-0.39, 0.29) is 0 Å². The molecular weight excluding hydrogens is 331 g/mol. The number of isothiocyanates is 1. The van der Waals surface area contributed by atoms with E-state index in [1.165, 1.54) is 7.11 Å². The van der Waals surface area contributed by atoms with Crippen molar-refractivity contribution in [3.8, 4) is 5.75 Å². The molecule has 4 nitrogen and oxygen atoms in total. The molecule has 102 valence electrons. The van der Waals surface area contributed by atoms with Crippen molar-refractivity contribution in [2.45, 2.75) is 9.96 Å². The van der Waals surface area contributed by atoms with Crippen molar-refractivity contribution in [1.29, 1.82) is 0 Å². The molecule has 0 aromatic heterocycles. The van der Waals surface area contributed by atoms with Crippen molar-refractivity contribution in [3.63, 3.8) is 0 Å². The van der Waals surface area contributed by atoms with Crippen LogP contribution in [0.1, 0.15) is 10.4 Å². The first-order valence-corrected chi connectivity index (χ1v) is 6.51. The van der Waals surface area contributed by atoms with Gasteiger partial charge >= 0.3 is 0 Å². The number of aliphatic imine (C=N–C) groups is 1. The molecule has 0 saturated heterocycles. The summed E-state index contributed by atoms with van der Waals surface area (Å²) in [7, 11) is 1.53. The summed E-state index contributed by atoms with van der Waals surface area (Å²) in [6.45, 7) is 0. The summed E-state index contributed by atoms with van der Waals surface area (Å²) < 4.78 is 3.17. The van der Waals surface area contributed by atoms with Crippen LogP contribution in [0.2, 0.25) is 0 Å². The third kappa shape index (κ3) is 4.97. The van der Waals surface area contributed by atoms with E-state index in [2.05, 4.69) is 27.7 Å². The Balaban J connectivity index is 2.84. The number of nitrogens with zero attached hydrogens (tertiary/aromatic N) is 1. The molecular formula is C11H9Cl3N2O2S. The number of halogens is 3. The number of alkyl halides is 3. The Morgan fingerprint density at radius 1 is 1.42 bits per heavy atom. The quantitative estimate of drug-likeness (QED) is 0.520. The Hall–Kier alpha value is -0.840. The Kier molecular flexibility index (Phi) is 6.04. The van der Waals surface area contributed by atoms with Gasteiger partial charge in [-0.05, 0) is 36.5 Å². The number of thiocarbonyl (C=S) groups is 1. The number of nitrogens with one attached hydrogen (secondary N) is 1.